The lowest BCUT2D eigenvalue weighted by Gasteiger charge is -2.08. The van der Waals surface area contributed by atoms with Crippen molar-refractivity contribution >= 4 is 40.2 Å². The van der Waals surface area contributed by atoms with Crippen LogP contribution in [0, 0.1) is 0 Å². The summed E-state index contributed by atoms with van der Waals surface area (Å²) in [5.74, 6) is 0.290. The Morgan fingerprint density at radius 1 is 1.09 bits per heavy atom. The van der Waals surface area contributed by atoms with Gasteiger partial charge in [-0.15, -0.1) is 0 Å². The highest BCUT2D eigenvalue weighted by Crippen LogP contribution is 2.27. The normalized spacial score (nSPS) is 10.6. The number of rotatable bonds is 2. The molecule has 6 heteroatoms. The largest absolute Gasteiger partial charge is 0.383 e. The number of amides is 1. The van der Waals surface area contributed by atoms with Gasteiger partial charge in [0.2, 0.25) is 11.9 Å². The highest BCUT2D eigenvalue weighted by atomic mass is 35.5. The molecule has 1 amide bonds. The molecule has 1 aromatic heterocycles. The summed E-state index contributed by atoms with van der Waals surface area (Å²) in [5, 5.41) is 3.96. The standard InChI is InChI=1S/C16H13ClN4O/c1-9(22)19-16-20-14-7-4-11(8-13(14)15(18)21-16)10-2-5-12(17)6-3-10/h2-8H,1H3,(H3,18,19,20,21,22). The number of fused-ring (bicyclic) bond motifs is 1. The van der Waals surface area contributed by atoms with Crippen LogP contribution in [-0.4, -0.2) is 15.9 Å². The van der Waals surface area contributed by atoms with Gasteiger partial charge in [-0.05, 0) is 35.4 Å². The van der Waals surface area contributed by atoms with E-state index in [-0.39, 0.29) is 11.9 Å². The first-order chi connectivity index (χ1) is 10.5. The number of nitrogens with two attached hydrogens (primary N) is 1. The Balaban J connectivity index is 2.08. The molecule has 0 radical (unpaired) electrons. The monoisotopic (exact) mass is 312 g/mol. The fraction of sp³-hybridized carbons (Fsp3) is 0.0625. The number of carbonyl (C=O) groups is 1. The predicted octanol–water partition coefficient (Wildman–Crippen LogP) is 3.49. The van der Waals surface area contributed by atoms with E-state index in [1.807, 2.05) is 42.5 Å². The molecule has 0 spiro atoms. The van der Waals surface area contributed by atoms with Gasteiger partial charge in [0.15, 0.2) is 0 Å². The zero-order chi connectivity index (χ0) is 15.7. The lowest BCUT2D eigenvalue weighted by atomic mass is 10.0. The van der Waals surface area contributed by atoms with Crippen LogP contribution < -0.4 is 11.1 Å². The third-order valence-electron chi connectivity index (χ3n) is 3.19. The van der Waals surface area contributed by atoms with Crippen molar-refractivity contribution in [2.75, 3.05) is 11.1 Å². The van der Waals surface area contributed by atoms with Crippen molar-refractivity contribution in [3.05, 3.63) is 47.5 Å². The molecule has 0 aliphatic rings. The van der Waals surface area contributed by atoms with Crippen molar-refractivity contribution in [3.63, 3.8) is 0 Å². The molecular weight excluding hydrogens is 300 g/mol. The number of anilines is 2. The molecule has 0 saturated carbocycles. The number of halogens is 1. The highest BCUT2D eigenvalue weighted by Gasteiger charge is 2.08. The quantitative estimate of drug-likeness (QED) is 0.759. The Hall–Kier alpha value is -2.66. The Kier molecular flexibility index (Phi) is 3.65. The van der Waals surface area contributed by atoms with E-state index in [4.69, 9.17) is 17.3 Å². The summed E-state index contributed by atoms with van der Waals surface area (Å²) in [6.07, 6.45) is 0. The summed E-state index contributed by atoms with van der Waals surface area (Å²) in [5.41, 5.74) is 8.67. The van der Waals surface area contributed by atoms with E-state index in [0.29, 0.717) is 16.4 Å². The summed E-state index contributed by atoms with van der Waals surface area (Å²) in [7, 11) is 0. The van der Waals surface area contributed by atoms with E-state index < -0.39 is 0 Å². The van der Waals surface area contributed by atoms with Crippen LogP contribution in [0.4, 0.5) is 11.8 Å². The van der Waals surface area contributed by atoms with Gasteiger partial charge in [-0.25, -0.2) is 4.98 Å². The SMILES string of the molecule is CC(=O)Nc1nc(N)c2cc(-c3ccc(Cl)cc3)ccc2n1. The minimum atomic E-state index is -0.239. The summed E-state index contributed by atoms with van der Waals surface area (Å²) in [6.45, 7) is 1.40. The van der Waals surface area contributed by atoms with Crippen molar-refractivity contribution in [1.82, 2.24) is 9.97 Å². The molecule has 0 atom stereocenters. The number of nitrogens with one attached hydrogen (secondary N) is 1. The topological polar surface area (TPSA) is 80.9 Å². The van der Waals surface area contributed by atoms with Gasteiger partial charge in [0.1, 0.15) is 5.82 Å². The van der Waals surface area contributed by atoms with Gasteiger partial charge in [0, 0.05) is 17.3 Å². The first-order valence-corrected chi connectivity index (χ1v) is 7.01. The summed E-state index contributed by atoms with van der Waals surface area (Å²) in [4.78, 5) is 19.5. The van der Waals surface area contributed by atoms with Crippen LogP contribution in [0.25, 0.3) is 22.0 Å². The Morgan fingerprint density at radius 3 is 2.45 bits per heavy atom. The number of hydrogen-bond donors (Lipinski definition) is 2. The number of nitrogens with zero attached hydrogens (tertiary/aromatic N) is 2. The van der Waals surface area contributed by atoms with Crippen molar-refractivity contribution in [2.24, 2.45) is 0 Å². The van der Waals surface area contributed by atoms with Crippen LogP contribution in [0.2, 0.25) is 5.02 Å². The molecule has 110 valence electrons. The maximum absolute atomic E-state index is 11.1. The average Bonchev–Trinajstić information content (AvgIpc) is 2.47. The highest BCUT2D eigenvalue weighted by molar-refractivity contribution is 6.30. The molecule has 22 heavy (non-hydrogen) atoms. The van der Waals surface area contributed by atoms with Gasteiger partial charge in [-0.3, -0.25) is 10.1 Å². The van der Waals surface area contributed by atoms with Crippen molar-refractivity contribution in [1.29, 1.82) is 0 Å². The van der Waals surface area contributed by atoms with Crippen LogP contribution in [0.1, 0.15) is 6.92 Å². The molecule has 0 aliphatic carbocycles. The number of nitrogen functional groups attached to an aromatic ring is 1. The zero-order valence-corrected chi connectivity index (χ0v) is 12.6. The lowest BCUT2D eigenvalue weighted by Crippen LogP contribution is -2.10. The Labute approximate surface area is 132 Å². The lowest BCUT2D eigenvalue weighted by molar-refractivity contribution is -0.114. The van der Waals surface area contributed by atoms with Crippen molar-refractivity contribution in [2.45, 2.75) is 6.92 Å². The van der Waals surface area contributed by atoms with E-state index in [2.05, 4.69) is 15.3 Å². The summed E-state index contributed by atoms with van der Waals surface area (Å²) in [6, 6.07) is 13.3. The van der Waals surface area contributed by atoms with E-state index in [9.17, 15) is 4.79 Å². The van der Waals surface area contributed by atoms with Crippen LogP contribution in [0.15, 0.2) is 42.5 Å². The third-order valence-corrected chi connectivity index (χ3v) is 3.44. The molecule has 0 fully saturated rings. The van der Waals surface area contributed by atoms with Gasteiger partial charge in [-0.1, -0.05) is 29.8 Å². The van der Waals surface area contributed by atoms with E-state index in [0.717, 1.165) is 16.5 Å². The zero-order valence-electron chi connectivity index (χ0n) is 11.8. The molecular formula is C16H13ClN4O. The van der Waals surface area contributed by atoms with Crippen LogP contribution in [0.3, 0.4) is 0 Å². The minimum Gasteiger partial charge on any atom is -0.383 e. The Bertz CT molecular complexity index is 862. The molecule has 3 rings (SSSR count). The molecule has 0 aliphatic heterocycles. The van der Waals surface area contributed by atoms with E-state index in [1.165, 1.54) is 6.92 Å². The molecule has 2 aromatic carbocycles. The van der Waals surface area contributed by atoms with Gasteiger partial charge in [0.25, 0.3) is 0 Å². The van der Waals surface area contributed by atoms with E-state index in [1.54, 1.807) is 0 Å². The van der Waals surface area contributed by atoms with Crippen LogP contribution >= 0.6 is 11.6 Å². The second-order valence-corrected chi connectivity index (χ2v) is 5.29. The van der Waals surface area contributed by atoms with E-state index >= 15 is 0 Å². The van der Waals surface area contributed by atoms with Crippen molar-refractivity contribution < 1.29 is 4.79 Å². The van der Waals surface area contributed by atoms with Gasteiger partial charge in [-0.2, -0.15) is 4.98 Å². The summed E-state index contributed by atoms with van der Waals surface area (Å²) < 4.78 is 0. The van der Waals surface area contributed by atoms with Gasteiger partial charge in [0.05, 0.1) is 5.52 Å². The molecule has 3 aromatic rings. The minimum absolute atomic E-state index is 0.205. The fourth-order valence-corrected chi connectivity index (χ4v) is 2.31. The first-order valence-electron chi connectivity index (χ1n) is 6.64. The Morgan fingerprint density at radius 2 is 1.77 bits per heavy atom. The predicted molar refractivity (Wildman–Crippen MR) is 88.7 cm³/mol. The molecule has 5 nitrogen and oxygen atoms in total. The average molecular weight is 313 g/mol. The van der Waals surface area contributed by atoms with Gasteiger partial charge < -0.3 is 5.73 Å². The van der Waals surface area contributed by atoms with Crippen molar-refractivity contribution in [3.8, 4) is 11.1 Å². The molecule has 0 bridgehead atoms. The number of benzene rings is 2. The number of hydrogen-bond acceptors (Lipinski definition) is 4. The fourth-order valence-electron chi connectivity index (χ4n) is 2.19. The molecule has 0 unspecified atom stereocenters. The second kappa shape index (κ2) is 5.61. The van der Waals surface area contributed by atoms with Gasteiger partial charge >= 0.3 is 0 Å². The van der Waals surface area contributed by atoms with Crippen LogP contribution in [-0.2, 0) is 4.79 Å². The maximum atomic E-state index is 11.1. The number of carbonyl (C=O) groups excluding carboxylic acids is 1. The molecule has 3 N–H and O–H groups in total. The molecule has 1 heterocycles. The second-order valence-electron chi connectivity index (χ2n) is 4.85. The summed E-state index contributed by atoms with van der Waals surface area (Å²) >= 11 is 5.90. The van der Waals surface area contributed by atoms with Crippen LogP contribution in [0.5, 0.6) is 0 Å². The third kappa shape index (κ3) is 2.84. The smallest absolute Gasteiger partial charge is 0.231 e. The maximum Gasteiger partial charge on any atom is 0.231 e. The molecule has 0 saturated heterocycles. The number of aromatic nitrogens is 2. The first kappa shape index (κ1) is 14.3.